The maximum absolute atomic E-state index is 13.1. The van der Waals surface area contributed by atoms with Crippen molar-refractivity contribution in [1.82, 2.24) is 21.3 Å². The molecule has 0 bridgehead atoms. The number of carbonyl (C=O) groups excluding carboxylic acids is 5. The Balaban J connectivity index is 3.01. The van der Waals surface area contributed by atoms with Gasteiger partial charge in [-0.05, 0) is 37.5 Å². The van der Waals surface area contributed by atoms with Gasteiger partial charge in [0.2, 0.25) is 23.6 Å². The fraction of sp³-hybridized carbons (Fsp3) is 0.720. The first kappa shape index (κ1) is 32.5. The van der Waals surface area contributed by atoms with Crippen molar-refractivity contribution in [3.63, 3.8) is 0 Å². The predicted molar refractivity (Wildman–Crippen MR) is 135 cm³/mol. The quantitative estimate of drug-likeness (QED) is 0.147. The number of rotatable bonds is 16. The molecule has 0 radical (unpaired) electrons. The number of nitrogens with one attached hydrogen (secondary N) is 4. The van der Waals surface area contributed by atoms with Crippen LogP contribution in [0.1, 0.15) is 78.6 Å². The third-order valence-electron chi connectivity index (χ3n) is 6.48. The molecule has 1 unspecified atom stereocenters. The molecular weight excluding hydrogens is 500 g/mol. The lowest BCUT2D eigenvalue weighted by atomic mass is 9.84. The van der Waals surface area contributed by atoms with Crippen LogP contribution in [-0.4, -0.2) is 76.2 Å². The average Bonchev–Trinajstić information content (AvgIpc) is 2.85. The van der Waals surface area contributed by atoms with Crippen molar-refractivity contribution in [1.29, 1.82) is 0 Å². The molecule has 214 valence electrons. The van der Waals surface area contributed by atoms with Crippen LogP contribution in [0.2, 0.25) is 0 Å². The number of amides is 4. The van der Waals surface area contributed by atoms with Crippen LogP contribution in [0.25, 0.3) is 0 Å². The minimum Gasteiger partial charge on any atom is -0.481 e. The molecule has 0 aromatic rings. The molecule has 38 heavy (non-hydrogen) atoms. The number of aldehydes is 1. The van der Waals surface area contributed by atoms with Crippen molar-refractivity contribution in [2.24, 2.45) is 11.8 Å². The molecule has 4 atom stereocenters. The first-order valence-corrected chi connectivity index (χ1v) is 12.9. The number of carbonyl (C=O) groups is 7. The normalized spacial score (nSPS) is 16.8. The summed E-state index contributed by atoms with van der Waals surface area (Å²) in [5.41, 5.74) is 0. The molecule has 6 N–H and O–H groups in total. The molecule has 4 amide bonds. The van der Waals surface area contributed by atoms with Crippen LogP contribution >= 0.6 is 0 Å². The van der Waals surface area contributed by atoms with E-state index in [4.69, 9.17) is 10.2 Å². The summed E-state index contributed by atoms with van der Waals surface area (Å²) in [5.74, 6) is -5.67. The molecule has 1 aliphatic rings. The summed E-state index contributed by atoms with van der Waals surface area (Å²) < 4.78 is 0. The average molecular weight is 541 g/mol. The Morgan fingerprint density at radius 3 is 1.71 bits per heavy atom. The van der Waals surface area contributed by atoms with Crippen molar-refractivity contribution in [3.05, 3.63) is 0 Å². The summed E-state index contributed by atoms with van der Waals surface area (Å²) in [6.45, 7) is 4.51. The van der Waals surface area contributed by atoms with E-state index >= 15 is 0 Å². The summed E-state index contributed by atoms with van der Waals surface area (Å²) in [5, 5.41) is 28.0. The van der Waals surface area contributed by atoms with E-state index in [1.165, 1.54) is 0 Å². The molecule has 0 heterocycles. The molecule has 13 heteroatoms. The van der Waals surface area contributed by atoms with Crippen molar-refractivity contribution < 1.29 is 43.8 Å². The molecule has 1 saturated carbocycles. The molecule has 0 aromatic carbocycles. The van der Waals surface area contributed by atoms with Gasteiger partial charge in [0.25, 0.3) is 0 Å². The van der Waals surface area contributed by atoms with E-state index in [9.17, 15) is 33.6 Å². The summed E-state index contributed by atoms with van der Waals surface area (Å²) in [6.07, 6.45) is 3.84. The van der Waals surface area contributed by atoms with Crippen LogP contribution in [-0.2, 0) is 33.6 Å². The smallest absolute Gasteiger partial charge is 0.303 e. The van der Waals surface area contributed by atoms with Crippen molar-refractivity contribution >= 4 is 41.9 Å². The summed E-state index contributed by atoms with van der Waals surface area (Å²) >= 11 is 0. The second kappa shape index (κ2) is 16.4. The van der Waals surface area contributed by atoms with Crippen LogP contribution in [0, 0.1) is 11.8 Å². The second-order valence-electron chi connectivity index (χ2n) is 9.98. The van der Waals surface area contributed by atoms with Gasteiger partial charge in [-0.1, -0.05) is 33.1 Å². The molecule has 1 rings (SSSR count). The topological polar surface area (TPSA) is 208 Å². The molecule has 0 saturated heterocycles. The first-order valence-electron chi connectivity index (χ1n) is 12.9. The molecule has 1 fully saturated rings. The monoisotopic (exact) mass is 540 g/mol. The Kier molecular flexibility index (Phi) is 14.0. The highest BCUT2D eigenvalue weighted by Crippen LogP contribution is 2.26. The van der Waals surface area contributed by atoms with E-state index in [0.717, 1.165) is 39.0 Å². The molecule has 0 spiro atoms. The number of hydrogen-bond donors (Lipinski definition) is 6. The Morgan fingerprint density at radius 1 is 0.763 bits per heavy atom. The zero-order valence-electron chi connectivity index (χ0n) is 22.2. The predicted octanol–water partition coefficient (Wildman–Crippen LogP) is 0.110. The first-order chi connectivity index (χ1) is 17.8. The van der Waals surface area contributed by atoms with E-state index in [2.05, 4.69) is 21.3 Å². The van der Waals surface area contributed by atoms with Crippen LogP contribution in [0.15, 0.2) is 0 Å². The minimum absolute atomic E-state index is 0.00725. The fourth-order valence-electron chi connectivity index (χ4n) is 4.39. The van der Waals surface area contributed by atoms with E-state index in [1.807, 2.05) is 0 Å². The Hall–Kier alpha value is -3.51. The number of hydrogen-bond acceptors (Lipinski definition) is 7. The summed E-state index contributed by atoms with van der Waals surface area (Å²) in [4.78, 5) is 84.3. The van der Waals surface area contributed by atoms with Gasteiger partial charge < -0.3 is 36.3 Å². The largest absolute Gasteiger partial charge is 0.481 e. The van der Waals surface area contributed by atoms with Gasteiger partial charge in [0, 0.05) is 19.8 Å². The van der Waals surface area contributed by atoms with E-state index in [1.54, 1.807) is 13.8 Å². The number of carboxylic acids is 2. The van der Waals surface area contributed by atoms with Gasteiger partial charge in [0.05, 0.1) is 6.04 Å². The zero-order valence-corrected chi connectivity index (χ0v) is 22.2. The van der Waals surface area contributed by atoms with Gasteiger partial charge in [-0.2, -0.15) is 0 Å². The van der Waals surface area contributed by atoms with Crippen LogP contribution in [0.3, 0.4) is 0 Å². The van der Waals surface area contributed by atoms with Crippen molar-refractivity contribution in [2.45, 2.75) is 103 Å². The Bertz CT molecular complexity index is 871. The third-order valence-corrected chi connectivity index (χ3v) is 6.48. The highest BCUT2D eigenvalue weighted by molar-refractivity contribution is 5.95. The standard InChI is InChI=1S/C25H40N4O9/c1-14(2)22(25(38)28-19(13-30)16-7-5-4-6-8-16)29-24(37)18(10-12-21(34)35)27-23(36)17(26-15(3)31)9-11-20(32)33/h13-14,16-19,22H,4-12H2,1-3H3,(H,26,31)(H,27,36)(H,28,38)(H,29,37)(H,32,33)(H,34,35)/t17-,18-,19?,22-/m0/s1. The molecule has 0 aromatic heterocycles. The Morgan fingerprint density at radius 2 is 1.26 bits per heavy atom. The highest BCUT2D eigenvalue weighted by atomic mass is 16.4. The minimum atomic E-state index is -1.38. The lowest BCUT2D eigenvalue weighted by molar-refractivity contribution is -0.140. The molecular formula is C25H40N4O9. The van der Waals surface area contributed by atoms with E-state index in [-0.39, 0.29) is 18.8 Å². The SMILES string of the molecule is CC(=O)N[C@@H](CCC(=O)O)C(=O)N[C@@H](CCC(=O)O)C(=O)N[C@H](C(=O)NC(C=O)C1CCCCC1)C(C)C. The highest BCUT2D eigenvalue weighted by Gasteiger charge is 2.33. The van der Waals surface area contributed by atoms with Gasteiger partial charge in [-0.3, -0.25) is 28.8 Å². The molecule has 0 aliphatic heterocycles. The number of aliphatic carboxylic acids is 2. The van der Waals surface area contributed by atoms with Crippen LogP contribution in [0.4, 0.5) is 0 Å². The van der Waals surface area contributed by atoms with Gasteiger partial charge in [-0.15, -0.1) is 0 Å². The second-order valence-corrected chi connectivity index (χ2v) is 9.98. The lowest BCUT2D eigenvalue weighted by Crippen LogP contribution is -2.59. The van der Waals surface area contributed by atoms with E-state index < -0.39 is 78.5 Å². The third kappa shape index (κ3) is 11.7. The van der Waals surface area contributed by atoms with Gasteiger partial charge in [0.1, 0.15) is 24.4 Å². The van der Waals surface area contributed by atoms with Crippen molar-refractivity contribution in [3.8, 4) is 0 Å². The fourth-order valence-corrected chi connectivity index (χ4v) is 4.39. The van der Waals surface area contributed by atoms with Crippen molar-refractivity contribution in [2.75, 3.05) is 0 Å². The molecule has 13 nitrogen and oxygen atoms in total. The van der Waals surface area contributed by atoms with Crippen LogP contribution in [0.5, 0.6) is 0 Å². The maximum Gasteiger partial charge on any atom is 0.303 e. The van der Waals surface area contributed by atoms with E-state index in [0.29, 0.717) is 6.29 Å². The van der Waals surface area contributed by atoms with Gasteiger partial charge in [0.15, 0.2) is 0 Å². The Labute approximate surface area is 221 Å². The van der Waals surface area contributed by atoms with Gasteiger partial charge in [-0.25, -0.2) is 0 Å². The summed E-state index contributed by atoms with van der Waals surface area (Å²) in [7, 11) is 0. The molecule has 1 aliphatic carbocycles. The lowest BCUT2D eigenvalue weighted by Gasteiger charge is -2.30. The zero-order chi connectivity index (χ0) is 28.8. The van der Waals surface area contributed by atoms with Crippen LogP contribution < -0.4 is 21.3 Å². The maximum atomic E-state index is 13.1. The summed E-state index contributed by atoms with van der Waals surface area (Å²) in [6, 6.07) is -4.42. The van der Waals surface area contributed by atoms with Gasteiger partial charge >= 0.3 is 11.9 Å². The number of carboxylic acid groups (broad SMARTS) is 2.